The third-order valence-electron chi connectivity index (χ3n) is 3.64. The summed E-state index contributed by atoms with van der Waals surface area (Å²) in [6, 6.07) is 9.28. The molecule has 2 unspecified atom stereocenters. The van der Waals surface area contributed by atoms with Gasteiger partial charge in [-0.05, 0) is 70.9 Å². The molecule has 0 aliphatic carbocycles. The van der Waals surface area contributed by atoms with Crippen molar-refractivity contribution in [2.45, 2.75) is 32.2 Å². The van der Waals surface area contributed by atoms with Gasteiger partial charge < -0.3 is 5.32 Å². The Kier molecular flexibility index (Phi) is 6.11. The van der Waals surface area contributed by atoms with E-state index in [4.69, 9.17) is 0 Å². The highest BCUT2D eigenvalue weighted by Crippen LogP contribution is 2.33. The highest BCUT2D eigenvalue weighted by Gasteiger charge is 2.22. The van der Waals surface area contributed by atoms with Crippen molar-refractivity contribution in [1.82, 2.24) is 10.3 Å². The molecule has 1 N–H and O–H groups in total. The van der Waals surface area contributed by atoms with Gasteiger partial charge in [0.2, 0.25) is 0 Å². The molecule has 0 radical (unpaired) electrons. The Balaban J connectivity index is 2.33. The summed E-state index contributed by atoms with van der Waals surface area (Å²) in [6.45, 7) is 5.28. The molecule has 0 aliphatic rings. The molecule has 2 rings (SSSR count). The van der Waals surface area contributed by atoms with E-state index in [0.29, 0.717) is 5.92 Å². The predicted octanol–water partition coefficient (Wildman–Crippen LogP) is 4.67. The number of rotatable bonds is 6. The van der Waals surface area contributed by atoms with Crippen LogP contribution in [0.4, 0.5) is 4.39 Å². The quantitative estimate of drug-likeness (QED) is 0.716. The number of nitrogens with zero attached hydrogens (tertiary/aromatic N) is 1. The number of hydrogen-bond donors (Lipinski definition) is 1. The van der Waals surface area contributed by atoms with Crippen molar-refractivity contribution >= 4 is 22.6 Å². The maximum Gasteiger partial charge on any atom is 0.124 e. The molecule has 112 valence electrons. The van der Waals surface area contributed by atoms with Crippen LogP contribution in [0, 0.1) is 9.39 Å². The Bertz CT molecular complexity index is 574. The van der Waals surface area contributed by atoms with E-state index in [2.05, 4.69) is 46.7 Å². The van der Waals surface area contributed by atoms with Gasteiger partial charge in [-0.3, -0.25) is 4.98 Å². The minimum Gasteiger partial charge on any atom is -0.309 e. The number of benzene rings is 1. The molecule has 1 aromatic heterocycles. The van der Waals surface area contributed by atoms with E-state index in [1.165, 1.54) is 11.6 Å². The number of hydrogen-bond acceptors (Lipinski definition) is 2. The topological polar surface area (TPSA) is 24.9 Å². The Morgan fingerprint density at radius 3 is 2.57 bits per heavy atom. The summed E-state index contributed by atoms with van der Waals surface area (Å²) >= 11 is 2.21. The normalized spacial score (nSPS) is 13.9. The number of pyridine rings is 1. The molecular formula is C17H20FIN2. The standard InChI is InChI=1S/C17H20FIN2/c1-3-8-21-17(12(2)13-6-9-20-10-7-13)15-5-4-14(18)11-16(15)19/h4-7,9-12,17,21H,3,8H2,1-2H3. The molecule has 2 atom stereocenters. The minimum absolute atomic E-state index is 0.167. The van der Waals surface area contributed by atoms with E-state index in [9.17, 15) is 4.39 Å². The van der Waals surface area contributed by atoms with Gasteiger partial charge in [-0.25, -0.2) is 4.39 Å². The molecule has 0 aliphatic heterocycles. The van der Waals surface area contributed by atoms with Crippen LogP contribution in [-0.4, -0.2) is 11.5 Å². The second-order valence-corrected chi connectivity index (χ2v) is 6.33. The van der Waals surface area contributed by atoms with Crippen molar-refractivity contribution in [3.63, 3.8) is 0 Å². The first-order valence-electron chi connectivity index (χ1n) is 7.21. The summed E-state index contributed by atoms with van der Waals surface area (Å²) in [6.07, 6.45) is 4.70. The highest BCUT2D eigenvalue weighted by atomic mass is 127. The van der Waals surface area contributed by atoms with Gasteiger partial charge in [-0.15, -0.1) is 0 Å². The molecule has 1 aromatic carbocycles. The van der Waals surface area contributed by atoms with Crippen molar-refractivity contribution in [1.29, 1.82) is 0 Å². The molecule has 0 spiro atoms. The molecule has 2 nitrogen and oxygen atoms in total. The largest absolute Gasteiger partial charge is 0.309 e. The third-order valence-corrected chi connectivity index (χ3v) is 4.58. The van der Waals surface area contributed by atoms with Crippen LogP contribution in [0.2, 0.25) is 0 Å². The molecule has 2 aromatic rings. The minimum atomic E-state index is -0.186. The lowest BCUT2D eigenvalue weighted by Crippen LogP contribution is -2.27. The fraction of sp³-hybridized carbons (Fsp3) is 0.353. The van der Waals surface area contributed by atoms with Crippen molar-refractivity contribution in [2.75, 3.05) is 6.54 Å². The molecular weight excluding hydrogens is 378 g/mol. The van der Waals surface area contributed by atoms with E-state index in [1.807, 2.05) is 30.6 Å². The second kappa shape index (κ2) is 7.84. The summed E-state index contributed by atoms with van der Waals surface area (Å²) in [7, 11) is 0. The van der Waals surface area contributed by atoms with Gasteiger partial charge in [-0.1, -0.05) is 19.9 Å². The first kappa shape index (κ1) is 16.4. The van der Waals surface area contributed by atoms with Crippen LogP contribution in [0.3, 0.4) is 0 Å². The fourth-order valence-corrected chi connectivity index (χ4v) is 3.28. The monoisotopic (exact) mass is 398 g/mol. The predicted molar refractivity (Wildman–Crippen MR) is 92.8 cm³/mol. The average Bonchev–Trinajstić information content (AvgIpc) is 2.50. The maximum atomic E-state index is 13.4. The zero-order valence-corrected chi connectivity index (χ0v) is 14.5. The van der Waals surface area contributed by atoms with E-state index in [1.54, 1.807) is 6.07 Å². The number of halogens is 2. The second-order valence-electron chi connectivity index (χ2n) is 5.17. The van der Waals surface area contributed by atoms with Crippen LogP contribution in [0.25, 0.3) is 0 Å². The Labute approximate surface area is 139 Å². The SMILES string of the molecule is CCCNC(c1ccc(F)cc1I)C(C)c1ccncc1. The molecule has 21 heavy (non-hydrogen) atoms. The van der Waals surface area contributed by atoms with E-state index < -0.39 is 0 Å². The van der Waals surface area contributed by atoms with Gasteiger partial charge in [0.15, 0.2) is 0 Å². The first-order chi connectivity index (χ1) is 10.1. The smallest absolute Gasteiger partial charge is 0.124 e. The molecule has 0 amide bonds. The lowest BCUT2D eigenvalue weighted by atomic mass is 9.89. The van der Waals surface area contributed by atoms with Crippen molar-refractivity contribution < 1.29 is 4.39 Å². The van der Waals surface area contributed by atoms with Crippen LogP contribution in [-0.2, 0) is 0 Å². The fourth-order valence-electron chi connectivity index (χ4n) is 2.47. The summed E-state index contributed by atoms with van der Waals surface area (Å²) in [5, 5.41) is 3.60. The van der Waals surface area contributed by atoms with Gasteiger partial charge in [0, 0.05) is 27.9 Å². The molecule has 0 saturated heterocycles. The zero-order valence-electron chi connectivity index (χ0n) is 12.3. The highest BCUT2D eigenvalue weighted by molar-refractivity contribution is 14.1. The van der Waals surface area contributed by atoms with Gasteiger partial charge in [0.05, 0.1) is 0 Å². The van der Waals surface area contributed by atoms with Gasteiger partial charge >= 0.3 is 0 Å². The molecule has 4 heteroatoms. The van der Waals surface area contributed by atoms with Crippen LogP contribution < -0.4 is 5.32 Å². The Hall–Kier alpha value is -1.01. The third kappa shape index (κ3) is 4.23. The Morgan fingerprint density at radius 2 is 1.95 bits per heavy atom. The van der Waals surface area contributed by atoms with Gasteiger partial charge in [0.25, 0.3) is 0 Å². The van der Waals surface area contributed by atoms with Crippen molar-refractivity contribution in [3.8, 4) is 0 Å². The summed E-state index contributed by atoms with van der Waals surface area (Å²) in [4.78, 5) is 4.08. The van der Waals surface area contributed by atoms with Crippen LogP contribution in [0.5, 0.6) is 0 Å². The van der Waals surface area contributed by atoms with Crippen LogP contribution in [0.15, 0.2) is 42.7 Å². The number of nitrogens with one attached hydrogen (secondary N) is 1. The first-order valence-corrected chi connectivity index (χ1v) is 8.29. The van der Waals surface area contributed by atoms with Gasteiger partial charge in [0.1, 0.15) is 5.82 Å². The van der Waals surface area contributed by atoms with E-state index in [0.717, 1.165) is 22.1 Å². The molecule has 1 heterocycles. The van der Waals surface area contributed by atoms with Crippen molar-refractivity contribution in [3.05, 3.63) is 63.2 Å². The summed E-state index contributed by atoms with van der Waals surface area (Å²) < 4.78 is 14.3. The lowest BCUT2D eigenvalue weighted by molar-refractivity contribution is 0.463. The van der Waals surface area contributed by atoms with Crippen LogP contribution in [0.1, 0.15) is 43.4 Å². The number of aromatic nitrogens is 1. The van der Waals surface area contributed by atoms with Gasteiger partial charge in [-0.2, -0.15) is 0 Å². The molecule has 0 fully saturated rings. The average molecular weight is 398 g/mol. The maximum absolute atomic E-state index is 13.4. The zero-order chi connectivity index (χ0) is 15.2. The summed E-state index contributed by atoms with van der Waals surface area (Å²) in [5.41, 5.74) is 2.38. The van der Waals surface area contributed by atoms with E-state index in [-0.39, 0.29) is 11.9 Å². The summed E-state index contributed by atoms with van der Waals surface area (Å²) in [5.74, 6) is 0.104. The van der Waals surface area contributed by atoms with Crippen LogP contribution >= 0.6 is 22.6 Å². The molecule has 0 saturated carbocycles. The Morgan fingerprint density at radius 1 is 1.24 bits per heavy atom. The lowest BCUT2D eigenvalue weighted by Gasteiger charge is -2.27. The molecule has 0 bridgehead atoms. The van der Waals surface area contributed by atoms with E-state index >= 15 is 0 Å². The van der Waals surface area contributed by atoms with Crippen molar-refractivity contribution in [2.24, 2.45) is 0 Å².